The van der Waals surface area contributed by atoms with Crippen LogP contribution in [0.4, 0.5) is 5.69 Å². The third-order valence-electron chi connectivity index (χ3n) is 3.27. The summed E-state index contributed by atoms with van der Waals surface area (Å²) >= 11 is 0. The van der Waals surface area contributed by atoms with E-state index in [0.717, 1.165) is 11.4 Å². The SMILES string of the molecule is Cc1cc(C)n(CCOC(=O)c2ccc([N+](=O)[O-])c(C)c2)n1. The van der Waals surface area contributed by atoms with Gasteiger partial charge < -0.3 is 4.74 Å². The van der Waals surface area contributed by atoms with Crippen LogP contribution in [0.3, 0.4) is 0 Å². The molecule has 0 aliphatic carbocycles. The van der Waals surface area contributed by atoms with Crippen molar-refractivity contribution in [1.82, 2.24) is 9.78 Å². The molecule has 0 radical (unpaired) electrons. The van der Waals surface area contributed by atoms with E-state index in [1.165, 1.54) is 18.2 Å². The molecule has 2 rings (SSSR count). The van der Waals surface area contributed by atoms with Crippen molar-refractivity contribution in [2.75, 3.05) is 6.61 Å². The summed E-state index contributed by atoms with van der Waals surface area (Å²) in [4.78, 5) is 22.2. The maximum absolute atomic E-state index is 11.9. The predicted octanol–water partition coefficient (Wildman–Crippen LogP) is 2.57. The minimum Gasteiger partial charge on any atom is -0.460 e. The number of carbonyl (C=O) groups excluding carboxylic acids is 1. The summed E-state index contributed by atoms with van der Waals surface area (Å²) in [6.45, 7) is 6.08. The lowest BCUT2D eigenvalue weighted by Crippen LogP contribution is -2.13. The number of rotatable bonds is 5. The van der Waals surface area contributed by atoms with Gasteiger partial charge in [0.2, 0.25) is 0 Å². The fraction of sp³-hybridized carbons (Fsp3) is 0.333. The normalized spacial score (nSPS) is 10.5. The van der Waals surface area contributed by atoms with Gasteiger partial charge >= 0.3 is 5.97 Å². The Kier molecular flexibility index (Phi) is 4.55. The summed E-state index contributed by atoms with van der Waals surface area (Å²) in [5.41, 5.74) is 2.63. The molecule has 1 heterocycles. The number of nitrogens with zero attached hydrogens (tertiary/aromatic N) is 3. The van der Waals surface area contributed by atoms with E-state index in [4.69, 9.17) is 4.74 Å². The lowest BCUT2D eigenvalue weighted by molar-refractivity contribution is -0.385. The van der Waals surface area contributed by atoms with Crippen LogP contribution in [0, 0.1) is 30.9 Å². The number of benzene rings is 1. The Balaban J connectivity index is 1.96. The quantitative estimate of drug-likeness (QED) is 0.481. The van der Waals surface area contributed by atoms with Crippen LogP contribution in [0.5, 0.6) is 0 Å². The van der Waals surface area contributed by atoms with Gasteiger partial charge in [0.1, 0.15) is 6.61 Å². The zero-order valence-electron chi connectivity index (χ0n) is 12.7. The fourth-order valence-electron chi connectivity index (χ4n) is 2.20. The molecule has 0 unspecified atom stereocenters. The van der Waals surface area contributed by atoms with Crippen LogP contribution < -0.4 is 0 Å². The van der Waals surface area contributed by atoms with Crippen molar-refractivity contribution in [3.63, 3.8) is 0 Å². The number of ether oxygens (including phenoxy) is 1. The van der Waals surface area contributed by atoms with Crippen molar-refractivity contribution in [2.45, 2.75) is 27.3 Å². The molecule has 0 saturated carbocycles. The molecule has 0 N–H and O–H groups in total. The van der Waals surface area contributed by atoms with Gasteiger partial charge in [-0.25, -0.2) is 4.79 Å². The van der Waals surface area contributed by atoms with Crippen LogP contribution in [0.15, 0.2) is 24.3 Å². The third kappa shape index (κ3) is 3.49. The van der Waals surface area contributed by atoms with Crippen LogP contribution in [0.1, 0.15) is 27.3 Å². The molecular formula is C15H17N3O4. The van der Waals surface area contributed by atoms with Crippen molar-refractivity contribution in [3.8, 4) is 0 Å². The van der Waals surface area contributed by atoms with Crippen LogP contribution in [0.2, 0.25) is 0 Å². The van der Waals surface area contributed by atoms with Gasteiger partial charge in [0, 0.05) is 17.3 Å². The predicted molar refractivity (Wildman–Crippen MR) is 79.8 cm³/mol. The zero-order chi connectivity index (χ0) is 16.3. The number of hydrogen-bond acceptors (Lipinski definition) is 5. The highest BCUT2D eigenvalue weighted by Gasteiger charge is 2.14. The molecule has 1 aromatic carbocycles. The molecule has 22 heavy (non-hydrogen) atoms. The van der Waals surface area contributed by atoms with E-state index in [1.54, 1.807) is 11.6 Å². The molecule has 7 heteroatoms. The Morgan fingerprint density at radius 3 is 2.59 bits per heavy atom. The number of aromatic nitrogens is 2. The van der Waals surface area contributed by atoms with Crippen LogP contribution in [0.25, 0.3) is 0 Å². The molecule has 1 aromatic heterocycles. The van der Waals surface area contributed by atoms with Crippen molar-refractivity contribution >= 4 is 11.7 Å². The molecule has 7 nitrogen and oxygen atoms in total. The molecule has 0 fully saturated rings. The monoisotopic (exact) mass is 303 g/mol. The summed E-state index contributed by atoms with van der Waals surface area (Å²) in [5.74, 6) is -0.500. The van der Waals surface area contributed by atoms with Crippen LogP contribution >= 0.6 is 0 Å². The first-order valence-electron chi connectivity index (χ1n) is 6.81. The number of nitro benzene ring substituents is 1. The summed E-state index contributed by atoms with van der Waals surface area (Å²) in [7, 11) is 0. The van der Waals surface area contributed by atoms with E-state index in [9.17, 15) is 14.9 Å². The largest absolute Gasteiger partial charge is 0.460 e. The van der Waals surface area contributed by atoms with Gasteiger partial charge in [-0.3, -0.25) is 14.8 Å². The lowest BCUT2D eigenvalue weighted by Gasteiger charge is -2.07. The first-order valence-corrected chi connectivity index (χ1v) is 6.81. The van der Waals surface area contributed by atoms with Crippen LogP contribution in [-0.2, 0) is 11.3 Å². The van der Waals surface area contributed by atoms with Gasteiger partial charge in [0.05, 0.1) is 22.7 Å². The average molecular weight is 303 g/mol. The number of aryl methyl sites for hydroxylation is 3. The first-order chi connectivity index (χ1) is 10.4. The molecule has 0 saturated heterocycles. The fourth-order valence-corrected chi connectivity index (χ4v) is 2.20. The molecule has 0 bridgehead atoms. The third-order valence-corrected chi connectivity index (χ3v) is 3.27. The van der Waals surface area contributed by atoms with Gasteiger partial charge in [-0.15, -0.1) is 0 Å². The number of esters is 1. The van der Waals surface area contributed by atoms with Crippen molar-refractivity contribution in [2.24, 2.45) is 0 Å². The van der Waals surface area contributed by atoms with Gasteiger partial charge in [-0.1, -0.05) is 0 Å². The second kappa shape index (κ2) is 6.38. The zero-order valence-corrected chi connectivity index (χ0v) is 12.7. The standard InChI is InChI=1S/C15H17N3O4/c1-10-8-13(4-5-14(10)18(20)21)15(19)22-7-6-17-12(3)9-11(2)16-17/h4-5,8-9H,6-7H2,1-3H3. The highest BCUT2D eigenvalue weighted by Crippen LogP contribution is 2.19. The second-order valence-corrected chi connectivity index (χ2v) is 5.04. The van der Waals surface area contributed by atoms with E-state index in [-0.39, 0.29) is 12.3 Å². The van der Waals surface area contributed by atoms with E-state index in [2.05, 4.69) is 5.10 Å². The van der Waals surface area contributed by atoms with E-state index in [0.29, 0.717) is 17.7 Å². The number of nitro groups is 1. The number of hydrogen-bond donors (Lipinski definition) is 0. The molecule has 116 valence electrons. The summed E-state index contributed by atoms with van der Waals surface area (Å²) in [5, 5.41) is 15.0. The molecule has 0 spiro atoms. The Hall–Kier alpha value is -2.70. The second-order valence-electron chi connectivity index (χ2n) is 5.04. The molecule has 0 aliphatic rings. The maximum Gasteiger partial charge on any atom is 0.338 e. The average Bonchev–Trinajstić information content (AvgIpc) is 2.76. The topological polar surface area (TPSA) is 87.3 Å². The Labute approximate surface area is 127 Å². The summed E-state index contributed by atoms with van der Waals surface area (Å²) in [6.07, 6.45) is 0. The molecular weight excluding hydrogens is 286 g/mol. The highest BCUT2D eigenvalue weighted by atomic mass is 16.6. The van der Waals surface area contributed by atoms with Gasteiger partial charge in [0.25, 0.3) is 5.69 Å². The van der Waals surface area contributed by atoms with E-state index < -0.39 is 10.9 Å². The molecule has 0 atom stereocenters. The van der Waals surface area contributed by atoms with Gasteiger partial charge in [-0.05, 0) is 39.0 Å². The first kappa shape index (κ1) is 15.7. The Morgan fingerprint density at radius 2 is 2.05 bits per heavy atom. The maximum atomic E-state index is 11.9. The minimum absolute atomic E-state index is 0.0146. The lowest BCUT2D eigenvalue weighted by atomic mass is 10.1. The molecule has 0 amide bonds. The van der Waals surface area contributed by atoms with Crippen molar-refractivity contribution < 1.29 is 14.5 Å². The van der Waals surface area contributed by atoms with E-state index >= 15 is 0 Å². The smallest absolute Gasteiger partial charge is 0.338 e. The summed E-state index contributed by atoms with van der Waals surface area (Å²) < 4.78 is 6.95. The van der Waals surface area contributed by atoms with Crippen molar-refractivity contribution in [1.29, 1.82) is 0 Å². The van der Waals surface area contributed by atoms with Gasteiger partial charge in [0.15, 0.2) is 0 Å². The van der Waals surface area contributed by atoms with Gasteiger partial charge in [-0.2, -0.15) is 5.10 Å². The number of carbonyl (C=O) groups is 1. The Bertz CT molecular complexity index is 722. The molecule has 2 aromatic rings. The summed E-state index contributed by atoms with van der Waals surface area (Å²) in [6, 6.07) is 6.12. The Morgan fingerprint density at radius 1 is 1.32 bits per heavy atom. The van der Waals surface area contributed by atoms with E-state index in [1.807, 2.05) is 19.9 Å². The molecule has 0 aliphatic heterocycles. The van der Waals surface area contributed by atoms with Crippen molar-refractivity contribution in [3.05, 3.63) is 56.9 Å². The minimum atomic E-state index is -0.500. The highest BCUT2D eigenvalue weighted by molar-refractivity contribution is 5.90. The van der Waals surface area contributed by atoms with Crippen LogP contribution in [-0.4, -0.2) is 27.3 Å².